The van der Waals surface area contributed by atoms with E-state index in [0.717, 1.165) is 24.2 Å². The Bertz CT molecular complexity index is 505. The van der Waals surface area contributed by atoms with E-state index >= 15 is 0 Å². The van der Waals surface area contributed by atoms with Gasteiger partial charge < -0.3 is 15.1 Å². The molecular formula is C13H19N2O3P. The molecule has 0 amide bonds. The number of oxime groups is 1. The summed E-state index contributed by atoms with van der Waals surface area (Å²) in [6, 6.07) is 4.69. The lowest BCUT2D eigenvalue weighted by Crippen LogP contribution is -2.28. The minimum atomic E-state index is -0.312. The fourth-order valence-electron chi connectivity index (χ4n) is 1.99. The third-order valence-electron chi connectivity index (χ3n) is 3.22. The van der Waals surface area contributed by atoms with Gasteiger partial charge in [-0.3, -0.25) is 4.67 Å². The van der Waals surface area contributed by atoms with Crippen molar-refractivity contribution in [3.8, 4) is 11.5 Å². The molecule has 0 saturated carbocycles. The van der Waals surface area contributed by atoms with E-state index in [2.05, 4.69) is 14.5 Å². The lowest BCUT2D eigenvalue weighted by Gasteiger charge is -2.23. The van der Waals surface area contributed by atoms with Gasteiger partial charge in [-0.2, -0.15) is 0 Å². The number of rotatable bonds is 4. The molecule has 1 aromatic rings. The van der Waals surface area contributed by atoms with Crippen LogP contribution in [0.1, 0.15) is 25.3 Å². The maximum absolute atomic E-state index is 9.51. The van der Waals surface area contributed by atoms with Gasteiger partial charge in [0.2, 0.25) is 0 Å². The van der Waals surface area contributed by atoms with Crippen molar-refractivity contribution in [3.05, 3.63) is 23.8 Å². The van der Waals surface area contributed by atoms with E-state index in [1.165, 1.54) is 12.1 Å². The molecule has 5 nitrogen and oxygen atoms in total. The van der Waals surface area contributed by atoms with Gasteiger partial charge in [-0.1, -0.05) is 14.5 Å². The van der Waals surface area contributed by atoms with Crippen molar-refractivity contribution >= 4 is 15.1 Å². The van der Waals surface area contributed by atoms with Crippen LogP contribution >= 0.6 is 9.39 Å². The molecular weight excluding hydrogens is 263 g/mol. The van der Waals surface area contributed by atoms with Gasteiger partial charge in [0.05, 0.1) is 5.71 Å². The van der Waals surface area contributed by atoms with Crippen LogP contribution in [0.3, 0.4) is 0 Å². The van der Waals surface area contributed by atoms with E-state index in [1.54, 1.807) is 6.07 Å². The highest BCUT2D eigenvalue weighted by Crippen LogP contribution is 2.32. The first-order chi connectivity index (χ1) is 8.89. The number of phenolic OH excluding ortho intramolecular Hbond substituents is 2. The molecule has 1 aliphatic heterocycles. The normalized spacial score (nSPS) is 22.4. The van der Waals surface area contributed by atoms with Crippen molar-refractivity contribution in [2.75, 3.05) is 13.6 Å². The summed E-state index contributed by atoms with van der Waals surface area (Å²) in [7, 11) is 4.61. The molecule has 0 saturated heterocycles. The van der Waals surface area contributed by atoms with Crippen molar-refractivity contribution in [1.82, 2.24) is 4.67 Å². The van der Waals surface area contributed by atoms with E-state index in [-0.39, 0.29) is 17.1 Å². The van der Waals surface area contributed by atoms with Crippen molar-refractivity contribution in [2.24, 2.45) is 5.16 Å². The summed E-state index contributed by atoms with van der Waals surface area (Å²) in [5, 5.41) is 22.9. The Morgan fingerprint density at radius 3 is 2.79 bits per heavy atom. The van der Waals surface area contributed by atoms with E-state index in [4.69, 9.17) is 4.84 Å². The van der Waals surface area contributed by atoms with Crippen molar-refractivity contribution in [1.29, 1.82) is 0 Å². The molecule has 6 heteroatoms. The minimum absolute atomic E-state index is 0.129. The average Bonchev–Trinajstić information content (AvgIpc) is 2.74. The number of aromatic hydroxyl groups is 2. The topological polar surface area (TPSA) is 65.3 Å². The fourth-order valence-corrected chi connectivity index (χ4v) is 2.12. The zero-order valence-electron chi connectivity index (χ0n) is 11.1. The van der Waals surface area contributed by atoms with E-state index in [9.17, 15) is 10.2 Å². The fraction of sp³-hybridized carbons (Fsp3) is 0.462. The maximum atomic E-state index is 9.51. The summed E-state index contributed by atoms with van der Waals surface area (Å²) < 4.78 is 2.03. The Morgan fingerprint density at radius 2 is 2.16 bits per heavy atom. The molecule has 1 aromatic carbocycles. The molecule has 2 unspecified atom stereocenters. The highest BCUT2D eigenvalue weighted by Gasteiger charge is 2.34. The lowest BCUT2D eigenvalue weighted by atomic mass is 9.93. The van der Waals surface area contributed by atoms with Crippen LogP contribution in [0.2, 0.25) is 0 Å². The summed E-state index contributed by atoms with van der Waals surface area (Å²) in [6.45, 7) is 2.92. The Labute approximate surface area is 115 Å². The number of hydrogen-bond donors (Lipinski definition) is 2. The molecule has 1 aliphatic rings. The van der Waals surface area contributed by atoms with Gasteiger partial charge in [0, 0.05) is 24.9 Å². The summed E-state index contributed by atoms with van der Waals surface area (Å²) in [4.78, 5) is 5.54. The summed E-state index contributed by atoms with van der Waals surface area (Å²) in [6.07, 6.45) is 1.56. The molecule has 2 N–H and O–H groups in total. The van der Waals surface area contributed by atoms with Gasteiger partial charge >= 0.3 is 0 Å². The number of nitrogens with zero attached hydrogens (tertiary/aromatic N) is 2. The number of hydrogen-bond acceptors (Lipinski definition) is 5. The van der Waals surface area contributed by atoms with Crippen LogP contribution in [0, 0.1) is 0 Å². The average molecular weight is 282 g/mol. The molecule has 19 heavy (non-hydrogen) atoms. The summed E-state index contributed by atoms with van der Waals surface area (Å²) >= 11 is 0. The van der Waals surface area contributed by atoms with Crippen molar-refractivity contribution in [3.63, 3.8) is 0 Å². The summed E-state index contributed by atoms with van der Waals surface area (Å²) in [5.41, 5.74) is 1.26. The van der Waals surface area contributed by atoms with Gasteiger partial charge in [0.1, 0.15) is 5.60 Å². The molecule has 2 atom stereocenters. The first-order valence-electron chi connectivity index (χ1n) is 6.13. The molecule has 0 aromatic heterocycles. The molecule has 0 aliphatic carbocycles. The SMILES string of the molecule is CN(P)CCC1(C)CC(c2ccc(O)c(O)c2)=NO1. The van der Waals surface area contributed by atoms with Crippen molar-refractivity contribution in [2.45, 2.75) is 25.4 Å². The highest BCUT2D eigenvalue weighted by atomic mass is 31.0. The second-order valence-corrected chi connectivity index (χ2v) is 6.07. The molecule has 104 valence electrons. The second-order valence-electron chi connectivity index (χ2n) is 5.19. The zero-order valence-corrected chi connectivity index (χ0v) is 12.3. The molecule has 0 bridgehead atoms. The number of phenols is 2. The quantitative estimate of drug-likeness (QED) is 0.655. The third kappa shape index (κ3) is 3.37. The third-order valence-corrected chi connectivity index (χ3v) is 3.48. The van der Waals surface area contributed by atoms with Crippen LogP contribution in [0.4, 0.5) is 0 Å². The molecule has 1 heterocycles. The van der Waals surface area contributed by atoms with E-state index in [0.29, 0.717) is 6.42 Å². The van der Waals surface area contributed by atoms with Crippen LogP contribution in [0.15, 0.2) is 23.4 Å². The first-order valence-corrected chi connectivity index (χ1v) is 6.64. The molecule has 0 radical (unpaired) electrons. The van der Waals surface area contributed by atoms with E-state index in [1.807, 2.05) is 18.6 Å². The van der Waals surface area contributed by atoms with Gasteiger partial charge in [0.15, 0.2) is 11.5 Å². The number of benzene rings is 1. The first kappa shape index (κ1) is 14.1. The Hall–Kier alpha value is -1.32. The highest BCUT2D eigenvalue weighted by molar-refractivity contribution is 7.13. The van der Waals surface area contributed by atoms with Crippen LogP contribution in [0.25, 0.3) is 0 Å². The standard InChI is InChI=1S/C13H19N2O3P/c1-13(5-6-15(2)19)8-10(14-18-13)9-3-4-11(16)12(17)7-9/h3-4,7,16-17H,5-6,8,19H2,1-2H3. The molecule has 0 fully saturated rings. The van der Waals surface area contributed by atoms with Gasteiger partial charge in [-0.25, -0.2) is 0 Å². The smallest absolute Gasteiger partial charge is 0.158 e. The Kier molecular flexibility index (Phi) is 3.97. The minimum Gasteiger partial charge on any atom is -0.504 e. The lowest BCUT2D eigenvalue weighted by molar-refractivity contribution is -0.0116. The van der Waals surface area contributed by atoms with Crippen LogP contribution in [-0.4, -0.2) is 39.8 Å². The monoisotopic (exact) mass is 282 g/mol. The van der Waals surface area contributed by atoms with Gasteiger partial charge in [0.25, 0.3) is 0 Å². The van der Waals surface area contributed by atoms with Crippen LogP contribution in [0.5, 0.6) is 11.5 Å². The maximum Gasteiger partial charge on any atom is 0.158 e. The Balaban J connectivity index is 2.06. The van der Waals surface area contributed by atoms with Gasteiger partial charge in [-0.05, 0) is 32.2 Å². The van der Waals surface area contributed by atoms with Crippen LogP contribution in [-0.2, 0) is 4.84 Å². The predicted molar refractivity (Wildman–Crippen MR) is 77.4 cm³/mol. The summed E-state index contributed by atoms with van der Waals surface area (Å²) in [5.74, 6) is -0.269. The van der Waals surface area contributed by atoms with Gasteiger partial charge in [-0.15, -0.1) is 0 Å². The Morgan fingerprint density at radius 1 is 1.42 bits per heavy atom. The molecule has 2 rings (SSSR count). The second kappa shape index (κ2) is 5.35. The van der Waals surface area contributed by atoms with E-state index < -0.39 is 0 Å². The predicted octanol–water partition coefficient (Wildman–Crippen LogP) is 2.09. The largest absolute Gasteiger partial charge is 0.504 e. The zero-order chi connectivity index (χ0) is 14.0. The molecule has 0 spiro atoms. The van der Waals surface area contributed by atoms with Crippen molar-refractivity contribution < 1.29 is 15.1 Å². The van der Waals surface area contributed by atoms with Crippen LogP contribution < -0.4 is 0 Å².